The van der Waals surface area contributed by atoms with Crippen molar-refractivity contribution in [2.45, 2.75) is 19.9 Å². The molecule has 0 radical (unpaired) electrons. The topological polar surface area (TPSA) is 121 Å². The number of nitrogens with one attached hydrogen (secondary N) is 1. The molecule has 0 fully saturated rings. The first-order valence-electron chi connectivity index (χ1n) is 7.72. The van der Waals surface area contributed by atoms with Crippen LogP contribution in [0.3, 0.4) is 0 Å². The van der Waals surface area contributed by atoms with Gasteiger partial charge in [-0.1, -0.05) is 11.6 Å². The molecule has 0 bridgehead atoms. The van der Waals surface area contributed by atoms with Crippen LogP contribution < -0.4 is 10.9 Å². The number of aromatic nitrogens is 1. The Hall–Kier alpha value is -3.20. The average molecular weight is 394 g/mol. The van der Waals surface area contributed by atoms with Crippen LogP contribution in [-0.2, 0) is 9.53 Å². The molecule has 1 aromatic carbocycles. The SMILES string of the molecule is COC(=O)C(C)n1ccc(C)c(NC(=O)c2ccc([N+](=O)[O-])c(Cl)c2)c1=O. The van der Waals surface area contributed by atoms with Crippen LogP contribution in [0.1, 0.15) is 28.9 Å². The number of hydrogen-bond donors (Lipinski definition) is 1. The summed E-state index contributed by atoms with van der Waals surface area (Å²) in [6.07, 6.45) is 1.43. The fourth-order valence-electron chi connectivity index (χ4n) is 2.36. The zero-order valence-corrected chi connectivity index (χ0v) is 15.4. The highest BCUT2D eigenvalue weighted by atomic mass is 35.5. The molecule has 0 saturated carbocycles. The standard InChI is InChI=1S/C17H16ClN3O6/c1-9-6-7-20(10(2)17(24)27-3)16(23)14(9)19-15(22)11-4-5-13(21(25)26)12(18)8-11/h4-8,10H,1-3H3,(H,19,22). The summed E-state index contributed by atoms with van der Waals surface area (Å²) < 4.78 is 5.77. The third kappa shape index (κ3) is 4.14. The number of esters is 1. The highest BCUT2D eigenvalue weighted by Crippen LogP contribution is 2.25. The Balaban J connectivity index is 2.38. The number of hydrogen-bond acceptors (Lipinski definition) is 6. The highest BCUT2D eigenvalue weighted by Gasteiger charge is 2.21. The molecule has 1 N–H and O–H groups in total. The number of nitro benzene ring substituents is 1. The Bertz CT molecular complexity index is 985. The molecule has 0 spiro atoms. The number of carbonyl (C=O) groups is 2. The number of aryl methyl sites for hydroxylation is 1. The quantitative estimate of drug-likeness (QED) is 0.473. The molecule has 2 rings (SSSR count). The van der Waals surface area contributed by atoms with Gasteiger partial charge in [0.15, 0.2) is 0 Å². The number of halogens is 1. The van der Waals surface area contributed by atoms with E-state index in [-0.39, 0.29) is 22.0 Å². The molecule has 9 nitrogen and oxygen atoms in total. The van der Waals surface area contributed by atoms with Gasteiger partial charge in [0.1, 0.15) is 16.8 Å². The molecule has 2 aromatic rings. The lowest BCUT2D eigenvalue weighted by Gasteiger charge is -2.16. The second-order valence-corrected chi connectivity index (χ2v) is 6.07. The maximum Gasteiger partial charge on any atom is 0.328 e. The van der Waals surface area contributed by atoms with Gasteiger partial charge in [0, 0.05) is 17.8 Å². The van der Waals surface area contributed by atoms with Crippen molar-refractivity contribution >= 4 is 34.9 Å². The van der Waals surface area contributed by atoms with Gasteiger partial charge in [-0.2, -0.15) is 0 Å². The van der Waals surface area contributed by atoms with Crippen LogP contribution in [0.5, 0.6) is 0 Å². The van der Waals surface area contributed by atoms with Crippen molar-refractivity contribution in [2.75, 3.05) is 12.4 Å². The number of nitrogens with zero attached hydrogens (tertiary/aromatic N) is 2. The summed E-state index contributed by atoms with van der Waals surface area (Å²) in [5.41, 5.74) is -0.421. The Morgan fingerprint density at radius 3 is 2.56 bits per heavy atom. The van der Waals surface area contributed by atoms with Crippen molar-refractivity contribution < 1.29 is 19.2 Å². The summed E-state index contributed by atoms with van der Waals surface area (Å²) in [4.78, 5) is 46.9. The maximum atomic E-state index is 12.7. The number of methoxy groups -OCH3 is 1. The Morgan fingerprint density at radius 2 is 2.00 bits per heavy atom. The van der Waals surface area contributed by atoms with Gasteiger partial charge in [-0.15, -0.1) is 0 Å². The maximum absolute atomic E-state index is 12.7. The zero-order chi connectivity index (χ0) is 20.3. The zero-order valence-electron chi connectivity index (χ0n) is 14.7. The van der Waals surface area contributed by atoms with Crippen LogP contribution in [0.25, 0.3) is 0 Å². The number of ether oxygens (including phenoxy) is 1. The van der Waals surface area contributed by atoms with Crippen molar-refractivity contribution in [1.29, 1.82) is 0 Å². The van der Waals surface area contributed by atoms with E-state index >= 15 is 0 Å². The van der Waals surface area contributed by atoms with Crippen LogP contribution in [-0.4, -0.2) is 28.5 Å². The number of nitro groups is 1. The lowest BCUT2D eigenvalue weighted by atomic mass is 10.1. The molecular formula is C17H16ClN3O6. The van der Waals surface area contributed by atoms with Crippen molar-refractivity contribution in [3.63, 3.8) is 0 Å². The molecule has 0 aliphatic rings. The fourth-order valence-corrected chi connectivity index (χ4v) is 2.61. The predicted octanol–water partition coefficient (Wildman–Crippen LogP) is 2.70. The Morgan fingerprint density at radius 1 is 1.33 bits per heavy atom. The molecule has 27 heavy (non-hydrogen) atoms. The minimum Gasteiger partial charge on any atom is -0.467 e. The van der Waals surface area contributed by atoms with Crippen molar-refractivity contribution in [2.24, 2.45) is 0 Å². The number of pyridine rings is 1. The summed E-state index contributed by atoms with van der Waals surface area (Å²) in [5.74, 6) is -1.28. The van der Waals surface area contributed by atoms with E-state index in [9.17, 15) is 24.5 Å². The third-order valence-electron chi connectivity index (χ3n) is 3.93. The smallest absolute Gasteiger partial charge is 0.328 e. The van der Waals surface area contributed by atoms with Crippen LogP contribution in [0.15, 0.2) is 35.3 Å². The number of amides is 1. The van der Waals surface area contributed by atoms with E-state index in [1.165, 1.54) is 26.3 Å². The summed E-state index contributed by atoms with van der Waals surface area (Å²) in [6.45, 7) is 3.11. The van der Waals surface area contributed by atoms with Gasteiger partial charge in [-0.05, 0) is 37.6 Å². The first kappa shape index (κ1) is 20.1. The summed E-state index contributed by atoms with van der Waals surface area (Å²) in [7, 11) is 1.21. The van der Waals surface area contributed by atoms with Crippen LogP contribution in [0, 0.1) is 17.0 Å². The lowest BCUT2D eigenvalue weighted by molar-refractivity contribution is -0.384. The van der Waals surface area contributed by atoms with Gasteiger partial charge in [0.25, 0.3) is 17.2 Å². The van der Waals surface area contributed by atoms with Gasteiger partial charge >= 0.3 is 5.97 Å². The van der Waals surface area contributed by atoms with E-state index in [0.717, 1.165) is 16.7 Å². The van der Waals surface area contributed by atoms with Crippen LogP contribution in [0.2, 0.25) is 5.02 Å². The monoisotopic (exact) mass is 393 g/mol. The van der Waals surface area contributed by atoms with E-state index < -0.39 is 28.4 Å². The average Bonchev–Trinajstić information content (AvgIpc) is 2.63. The molecule has 1 atom stereocenters. The van der Waals surface area contributed by atoms with Crippen LogP contribution >= 0.6 is 11.6 Å². The van der Waals surface area contributed by atoms with E-state index in [2.05, 4.69) is 10.1 Å². The molecule has 0 aliphatic carbocycles. The van der Waals surface area contributed by atoms with Gasteiger partial charge in [0.05, 0.1) is 12.0 Å². The molecule has 1 unspecified atom stereocenters. The Labute approximate surface area is 158 Å². The number of benzene rings is 1. The number of anilines is 1. The van der Waals surface area contributed by atoms with E-state index in [1.807, 2.05) is 0 Å². The number of carbonyl (C=O) groups excluding carboxylic acids is 2. The normalized spacial score (nSPS) is 11.6. The largest absolute Gasteiger partial charge is 0.467 e. The van der Waals surface area contributed by atoms with Gasteiger partial charge in [-0.25, -0.2) is 4.79 Å². The van der Waals surface area contributed by atoms with Gasteiger partial charge < -0.3 is 10.1 Å². The first-order chi connectivity index (χ1) is 12.7. The van der Waals surface area contributed by atoms with Crippen molar-refractivity contribution in [1.82, 2.24) is 4.57 Å². The predicted molar refractivity (Wildman–Crippen MR) is 98.2 cm³/mol. The van der Waals surface area contributed by atoms with E-state index in [1.54, 1.807) is 13.0 Å². The molecule has 10 heteroatoms. The minimum atomic E-state index is -0.882. The fraction of sp³-hybridized carbons (Fsp3) is 0.235. The number of rotatable bonds is 5. The van der Waals surface area contributed by atoms with E-state index in [4.69, 9.17) is 11.6 Å². The van der Waals surface area contributed by atoms with Gasteiger partial charge in [-0.3, -0.25) is 24.3 Å². The van der Waals surface area contributed by atoms with Crippen molar-refractivity contribution in [3.8, 4) is 0 Å². The molecule has 1 heterocycles. The molecule has 142 valence electrons. The Kier molecular flexibility index (Phi) is 5.96. The second kappa shape index (κ2) is 8.00. The third-order valence-corrected chi connectivity index (χ3v) is 4.24. The lowest BCUT2D eigenvalue weighted by Crippen LogP contribution is -2.31. The summed E-state index contributed by atoms with van der Waals surface area (Å²) in [5, 5.41) is 13.1. The summed E-state index contributed by atoms with van der Waals surface area (Å²) >= 11 is 5.81. The van der Waals surface area contributed by atoms with E-state index in [0.29, 0.717) is 5.56 Å². The molecule has 1 amide bonds. The molecule has 0 saturated heterocycles. The molecule has 0 aliphatic heterocycles. The van der Waals surface area contributed by atoms with Crippen LogP contribution in [0.4, 0.5) is 11.4 Å². The van der Waals surface area contributed by atoms with Gasteiger partial charge in [0.2, 0.25) is 0 Å². The minimum absolute atomic E-state index is 0.0206. The molecular weight excluding hydrogens is 378 g/mol. The second-order valence-electron chi connectivity index (χ2n) is 5.66. The summed E-state index contributed by atoms with van der Waals surface area (Å²) in [6, 6.07) is 4.16. The van der Waals surface area contributed by atoms with Crippen molar-refractivity contribution in [3.05, 3.63) is 67.1 Å². The first-order valence-corrected chi connectivity index (χ1v) is 8.10. The highest BCUT2D eigenvalue weighted by molar-refractivity contribution is 6.33. The molecule has 1 aromatic heterocycles.